The standard InChI is InChI=1S/C10H11N5O/c1-16-10-3-2-7(5-12-10)15-9-4-8(11)13-6-14-9/h2-6H,1H3,(H3,11,13,14,15). The van der Waals surface area contributed by atoms with Gasteiger partial charge in [-0.1, -0.05) is 0 Å². The van der Waals surface area contributed by atoms with E-state index in [1.165, 1.54) is 6.33 Å². The maximum absolute atomic E-state index is 5.53. The molecule has 0 saturated heterocycles. The van der Waals surface area contributed by atoms with Gasteiger partial charge in [0.1, 0.15) is 18.0 Å². The second kappa shape index (κ2) is 4.43. The molecule has 3 N–H and O–H groups in total. The summed E-state index contributed by atoms with van der Waals surface area (Å²) in [5, 5.41) is 3.05. The Kier molecular flexibility index (Phi) is 2.81. The first-order valence-corrected chi connectivity index (χ1v) is 4.62. The fraction of sp³-hybridized carbons (Fsp3) is 0.100. The molecule has 0 saturated carbocycles. The highest BCUT2D eigenvalue weighted by molar-refractivity contribution is 5.57. The van der Waals surface area contributed by atoms with Gasteiger partial charge in [-0.25, -0.2) is 15.0 Å². The number of hydrogen-bond donors (Lipinski definition) is 2. The van der Waals surface area contributed by atoms with Crippen LogP contribution in [0.5, 0.6) is 5.88 Å². The Hall–Kier alpha value is -2.37. The second-order valence-corrected chi connectivity index (χ2v) is 3.04. The van der Waals surface area contributed by atoms with E-state index in [0.29, 0.717) is 17.5 Å². The van der Waals surface area contributed by atoms with Crippen molar-refractivity contribution in [1.29, 1.82) is 0 Å². The van der Waals surface area contributed by atoms with Gasteiger partial charge in [-0.05, 0) is 6.07 Å². The number of nitrogens with zero attached hydrogens (tertiary/aromatic N) is 3. The summed E-state index contributed by atoms with van der Waals surface area (Å²) >= 11 is 0. The highest BCUT2D eigenvalue weighted by atomic mass is 16.5. The van der Waals surface area contributed by atoms with Crippen LogP contribution in [-0.2, 0) is 0 Å². The van der Waals surface area contributed by atoms with Gasteiger partial charge in [0.15, 0.2) is 0 Å². The van der Waals surface area contributed by atoms with Crippen LogP contribution in [0.1, 0.15) is 0 Å². The lowest BCUT2D eigenvalue weighted by Gasteiger charge is -2.05. The molecular formula is C10H11N5O. The first kappa shape index (κ1) is 10.2. The Bertz CT molecular complexity index is 471. The van der Waals surface area contributed by atoms with Gasteiger partial charge < -0.3 is 15.8 Å². The van der Waals surface area contributed by atoms with Gasteiger partial charge in [0, 0.05) is 12.1 Å². The van der Waals surface area contributed by atoms with Crippen LogP contribution in [0.25, 0.3) is 0 Å². The molecule has 0 unspecified atom stereocenters. The van der Waals surface area contributed by atoms with Gasteiger partial charge >= 0.3 is 0 Å². The molecule has 0 radical (unpaired) electrons. The van der Waals surface area contributed by atoms with Crippen molar-refractivity contribution in [3.63, 3.8) is 0 Å². The summed E-state index contributed by atoms with van der Waals surface area (Å²) in [5.74, 6) is 1.60. The molecule has 0 aliphatic carbocycles. The minimum absolute atomic E-state index is 0.416. The average Bonchev–Trinajstić information content (AvgIpc) is 2.30. The predicted molar refractivity (Wildman–Crippen MR) is 60.5 cm³/mol. The fourth-order valence-corrected chi connectivity index (χ4v) is 1.16. The van der Waals surface area contributed by atoms with Crippen molar-refractivity contribution in [3.8, 4) is 5.88 Å². The molecule has 0 aliphatic heterocycles. The second-order valence-electron chi connectivity index (χ2n) is 3.04. The number of methoxy groups -OCH3 is 1. The molecule has 2 aromatic heterocycles. The summed E-state index contributed by atoms with van der Waals surface area (Å²) in [7, 11) is 1.57. The molecule has 2 aromatic rings. The van der Waals surface area contributed by atoms with E-state index >= 15 is 0 Å². The number of pyridine rings is 1. The third kappa shape index (κ3) is 2.35. The SMILES string of the molecule is COc1ccc(Nc2cc(N)ncn2)cn1. The summed E-state index contributed by atoms with van der Waals surface area (Å²) in [6.07, 6.45) is 3.05. The monoisotopic (exact) mass is 217 g/mol. The highest BCUT2D eigenvalue weighted by Crippen LogP contribution is 2.16. The van der Waals surface area contributed by atoms with E-state index in [2.05, 4.69) is 20.3 Å². The van der Waals surface area contributed by atoms with Crippen LogP contribution < -0.4 is 15.8 Å². The third-order valence-corrected chi connectivity index (χ3v) is 1.91. The van der Waals surface area contributed by atoms with Crippen LogP contribution >= 0.6 is 0 Å². The molecule has 2 heterocycles. The average molecular weight is 217 g/mol. The van der Waals surface area contributed by atoms with Crippen LogP contribution in [-0.4, -0.2) is 22.1 Å². The summed E-state index contributed by atoms with van der Waals surface area (Å²) in [6.45, 7) is 0. The number of hydrogen-bond acceptors (Lipinski definition) is 6. The number of anilines is 3. The number of nitrogen functional groups attached to an aromatic ring is 1. The van der Waals surface area contributed by atoms with Gasteiger partial charge in [0.05, 0.1) is 19.0 Å². The highest BCUT2D eigenvalue weighted by Gasteiger charge is 1.98. The van der Waals surface area contributed by atoms with E-state index in [0.717, 1.165) is 5.69 Å². The first-order valence-electron chi connectivity index (χ1n) is 4.62. The van der Waals surface area contributed by atoms with Crippen molar-refractivity contribution < 1.29 is 4.74 Å². The van der Waals surface area contributed by atoms with Crippen molar-refractivity contribution in [2.45, 2.75) is 0 Å². The van der Waals surface area contributed by atoms with Crippen molar-refractivity contribution in [3.05, 3.63) is 30.7 Å². The number of rotatable bonds is 3. The van der Waals surface area contributed by atoms with E-state index in [-0.39, 0.29) is 0 Å². The minimum Gasteiger partial charge on any atom is -0.481 e. The Labute approximate surface area is 92.5 Å². The van der Waals surface area contributed by atoms with E-state index < -0.39 is 0 Å². The largest absolute Gasteiger partial charge is 0.481 e. The minimum atomic E-state index is 0.416. The number of nitrogens with one attached hydrogen (secondary N) is 1. The summed E-state index contributed by atoms with van der Waals surface area (Å²) in [4.78, 5) is 11.9. The lowest BCUT2D eigenvalue weighted by Crippen LogP contribution is -1.97. The summed E-state index contributed by atoms with van der Waals surface area (Å²) in [6, 6.07) is 5.24. The van der Waals surface area contributed by atoms with Crippen LogP contribution in [0.2, 0.25) is 0 Å². The lowest BCUT2D eigenvalue weighted by molar-refractivity contribution is 0.398. The van der Waals surface area contributed by atoms with Crippen LogP contribution in [0.15, 0.2) is 30.7 Å². The maximum atomic E-state index is 5.53. The normalized spacial score (nSPS) is 9.81. The van der Waals surface area contributed by atoms with Crippen molar-refractivity contribution in [2.75, 3.05) is 18.2 Å². The predicted octanol–water partition coefficient (Wildman–Crippen LogP) is 1.21. The number of ether oxygens (including phenoxy) is 1. The Morgan fingerprint density at radius 2 is 2.12 bits per heavy atom. The maximum Gasteiger partial charge on any atom is 0.213 e. The molecule has 16 heavy (non-hydrogen) atoms. The fourth-order valence-electron chi connectivity index (χ4n) is 1.16. The van der Waals surface area contributed by atoms with Crippen molar-refractivity contribution in [2.24, 2.45) is 0 Å². The molecule has 0 bridgehead atoms. The van der Waals surface area contributed by atoms with Crippen LogP contribution in [0.4, 0.5) is 17.3 Å². The molecule has 0 aromatic carbocycles. The molecule has 0 spiro atoms. The topological polar surface area (TPSA) is 86.0 Å². The van der Waals surface area contributed by atoms with Gasteiger partial charge in [0.2, 0.25) is 5.88 Å². The Balaban J connectivity index is 2.14. The summed E-state index contributed by atoms with van der Waals surface area (Å²) in [5.41, 5.74) is 6.34. The third-order valence-electron chi connectivity index (χ3n) is 1.91. The Morgan fingerprint density at radius 1 is 1.25 bits per heavy atom. The quantitative estimate of drug-likeness (QED) is 0.803. The van der Waals surface area contributed by atoms with Crippen LogP contribution in [0, 0.1) is 0 Å². The van der Waals surface area contributed by atoms with Crippen molar-refractivity contribution >= 4 is 17.3 Å². The number of aromatic nitrogens is 3. The van der Waals surface area contributed by atoms with Gasteiger partial charge in [-0.2, -0.15) is 0 Å². The summed E-state index contributed by atoms with van der Waals surface area (Å²) < 4.78 is 4.95. The van der Waals surface area contributed by atoms with E-state index in [9.17, 15) is 0 Å². The van der Waals surface area contributed by atoms with E-state index in [1.807, 2.05) is 6.07 Å². The van der Waals surface area contributed by atoms with Crippen molar-refractivity contribution in [1.82, 2.24) is 15.0 Å². The molecular weight excluding hydrogens is 206 g/mol. The zero-order chi connectivity index (χ0) is 11.4. The van der Waals surface area contributed by atoms with Gasteiger partial charge in [0.25, 0.3) is 0 Å². The molecule has 0 amide bonds. The zero-order valence-electron chi connectivity index (χ0n) is 8.71. The zero-order valence-corrected chi connectivity index (χ0v) is 8.71. The van der Waals surface area contributed by atoms with Gasteiger partial charge in [-0.3, -0.25) is 0 Å². The molecule has 0 fully saturated rings. The van der Waals surface area contributed by atoms with E-state index in [4.69, 9.17) is 10.5 Å². The molecule has 82 valence electrons. The van der Waals surface area contributed by atoms with E-state index in [1.54, 1.807) is 25.4 Å². The Morgan fingerprint density at radius 3 is 2.75 bits per heavy atom. The molecule has 6 nitrogen and oxygen atoms in total. The van der Waals surface area contributed by atoms with Crippen LogP contribution in [0.3, 0.4) is 0 Å². The molecule has 2 rings (SSSR count). The molecule has 0 aliphatic rings. The lowest BCUT2D eigenvalue weighted by atomic mass is 10.4. The first-order chi connectivity index (χ1) is 7.78. The van der Waals surface area contributed by atoms with Gasteiger partial charge in [-0.15, -0.1) is 0 Å². The molecule has 6 heteroatoms. The number of nitrogens with two attached hydrogens (primary N) is 1. The smallest absolute Gasteiger partial charge is 0.213 e. The molecule has 0 atom stereocenters.